The number of nitrogens with one attached hydrogen (secondary N) is 1. The minimum atomic E-state index is -4.90. The predicted molar refractivity (Wildman–Crippen MR) is 149 cm³/mol. The molecular formula is C29H22Cl2F4N4O3. The average Bonchev–Trinajstić information content (AvgIpc) is 3.26. The zero-order valence-corrected chi connectivity index (χ0v) is 23.6. The van der Waals surface area contributed by atoms with Crippen molar-refractivity contribution in [1.29, 1.82) is 0 Å². The Kier molecular flexibility index (Phi) is 7.53. The molecule has 4 aromatic rings. The highest BCUT2D eigenvalue weighted by Crippen LogP contribution is 2.48. The summed E-state index contributed by atoms with van der Waals surface area (Å²) in [4.78, 5) is 33.8. The molecule has 0 bridgehead atoms. The van der Waals surface area contributed by atoms with E-state index in [0.717, 1.165) is 17.7 Å². The van der Waals surface area contributed by atoms with Gasteiger partial charge in [-0.3, -0.25) is 14.6 Å². The fraction of sp³-hybridized carbons (Fsp3) is 0.241. The maximum atomic E-state index is 14.5. The van der Waals surface area contributed by atoms with Gasteiger partial charge in [0.2, 0.25) is 5.91 Å². The first-order valence-electron chi connectivity index (χ1n) is 12.5. The number of rotatable bonds is 6. The van der Waals surface area contributed by atoms with E-state index in [1.165, 1.54) is 31.2 Å². The number of carbonyl (C=O) groups excluding carboxylic acids is 2. The molecule has 1 aliphatic heterocycles. The molecule has 7 nitrogen and oxygen atoms in total. The minimum Gasteiger partial charge on any atom is -0.489 e. The van der Waals surface area contributed by atoms with Gasteiger partial charge >= 0.3 is 6.18 Å². The monoisotopic (exact) mass is 620 g/mol. The summed E-state index contributed by atoms with van der Waals surface area (Å²) in [7, 11) is 0. The molecule has 13 heteroatoms. The van der Waals surface area contributed by atoms with Crippen LogP contribution < -0.4 is 15.8 Å². The maximum Gasteiger partial charge on any atom is 0.398 e. The lowest BCUT2D eigenvalue weighted by atomic mass is 9.82. The van der Waals surface area contributed by atoms with E-state index in [9.17, 15) is 27.2 Å². The molecule has 3 N–H and O–H groups in total. The first-order valence-corrected chi connectivity index (χ1v) is 13.3. The Hall–Kier alpha value is -3.96. The zero-order valence-electron chi connectivity index (χ0n) is 22.1. The second-order valence-corrected chi connectivity index (χ2v) is 11.0. The van der Waals surface area contributed by atoms with Crippen LogP contribution in [-0.4, -0.2) is 41.1 Å². The molecule has 0 aliphatic carbocycles. The van der Waals surface area contributed by atoms with Gasteiger partial charge in [0.05, 0.1) is 21.3 Å². The van der Waals surface area contributed by atoms with Crippen LogP contribution in [-0.2, 0) is 10.2 Å². The lowest BCUT2D eigenvalue weighted by molar-refractivity contribution is -0.149. The van der Waals surface area contributed by atoms with Crippen molar-refractivity contribution in [2.24, 2.45) is 5.73 Å². The van der Waals surface area contributed by atoms with Gasteiger partial charge < -0.3 is 15.8 Å². The minimum absolute atomic E-state index is 0.0321. The Bertz CT molecular complexity index is 1770. The second kappa shape index (κ2) is 10.7. The molecule has 1 aliphatic rings. The number of nitrogens with zero attached hydrogens (tertiary/aromatic N) is 2. The third-order valence-corrected chi connectivity index (χ3v) is 7.87. The van der Waals surface area contributed by atoms with E-state index in [1.807, 2.05) is 0 Å². The molecule has 42 heavy (non-hydrogen) atoms. The topological polar surface area (TPSA) is 107 Å². The molecule has 218 valence electrons. The Morgan fingerprint density at radius 1 is 1.19 bits per heavy atom. The number of pyridine rings is 2. The fourth-order valence-corrected chi connectivity index (χ4v) is 5.28. The molecule has 5 rings (SSSR count). The Labute approximate surface area is 247 Å². The molecule has 2 atom stereocenters. The molecule has 2 amide bonds. The maximum absolute atomic E-state index is 14.5. The van der Waals surface area contributed by atoms with Crippen molar-refractivity contribution >= 4 is 45.9 Å². The van der Waals surface area contributed by atoms with Crippen LogP contribution >= 0.6 is 23.2 Å². The van der Waals surface area contributed by atoms with E-state index >= 15 is 0 Å². The smallest absolute Gasteiger partial charge is 0.398 e. The van der Waals surface area contributed by atoms with E-state index in [2.05, 4.69) is 15.3 Å². The van der Waals surface area contributed by atoms with Crippen molar-refractivity contribution in [3.05, 3.63) is 86.9 Å². The molecule has 0 unspecified atom stereocenters. The van der Waals surface area contributed by atoms with E-state index in [4.69, 9.17) is 33.7 Å². The molecule has 0 spiro atoms. The number of halogens is 6. The number of amides is 2. The SMILES string of the molecule is Cc1cnc2c(Cl)cc(C(=O)NC[C@H](c3cc4c(c(-c5cccc(F)c5Cl)n3)OC[C@]4(C)C(N)=O)C(F)(F)F)cc2c1. The summed E-state index contributed by atoms with van der Waals surface area (Å²) >= 11 is 12.4. The van der Waals surface area contributed by atoms with E-state index < -0.39 is 52.4 Å². The van der Waals surface area contributed by atoms with Gasteiger partial charge in [-0.1, -0.05) is 35.3 Å². The Morgan fingerprint density at radius 3 is 2.62 bits per heavy atom. The molecular weight excluding hydrogens is 599 g/mol. The first-order chi connectivity index (χ1) is 19.7. The number of fused-ring (bicyclic) bond motifs is 2. The van der Waals surface area contributed by atoms with Crippen LogP contribution in [0.15, 0.2) is 48.7 Å². The molecule has 0 radical (unpaired) electrons. The molecule has 0 saturated carbocycles. The molecule has 0 saturated heterocycles. The second-order valence-electron chi connectivity index (χ2n) is 10.2. The number of benzene rings is 2. The highest BCUT2D eigenvalue weighted by atomic mass is 35.5. The summed E-state index contributed by atoms with van der Waals surface area (Å²) in [5, 5.41) is 2.63. The summed E-state index contributed by atoms with van der Waals surface area (Å²) in [5.74, 6) is -4.86. The highest BCUT2D eigenvalue weighted by molar-refractivity contribution is 6.35. The number of ether oxygens (including phenoxy) is 1. The van der Waals surface area contributed by atoms with Crippen LogP contribution in [0.4, 0.5) is 17.6 Å². The molecule has 3 heterocycles. The summed E-state index contributed by atoms with van der Waals surface area (Å²) in [5.41, 5.74) is 4.64. The normalized spacial score (nSPS) is 17.0. The van der Waals surface area contributed by atoms with Gasteiger partial charge in [-0.05, 0) is 49.7 Å². The van der Waals surface area contributed by atoms with Crippen LogP contribution in [0, 0.1) is 12.7 Å². The van der Waals surface area contributed by atoms with Gasteiger partial charge in [0.15, 0.2) is 0 Å². The van der Waals surface area contributed by atoms with E-state index in [1.54, 1.807) is 19.2 Å². The van der Waals surface area contributed by atoms with Gasteiger partial charge in [-0.25, -0.2) is 9.37 Å². The van der Waals surface area contributed by atoms with Crippen LogP contribution in [0.25, 0.3) is 22.2 Å². The molecule has 0 fully saturated rings. The number of aromatic nitrogens is 2. The fourth-order valence-electron chi connectivity index (χ4n) is 4.79. The van der Waals surface area contributed by atoms with Gasteiger partial charge in [-0.2, -0.15) is 13.2 Å². The van der Waals surface area contributed by atoms with Crippen molar-refractivity contribution in [2.45, 2.75) is 31.4 Å². The number of hydrogen-bond acceptors (Lipinski definition) is 5. The first kappa shape index (κ1) is 29.5. The lowest BCUT2D eigenvalue weighted by Crippen LogP contribution is -2.40. The van der Waals surface area contributed by atoms with Gasteiger partial charge in [-0.15, -0.1) is 0 Å². The average molecular weight is 621 g/mol. The summed E-state index contributed by atoms with van der Waals surface area (Å²) in [6, 6.07) is 9.38. The summed E-state index contributed by atoms with van der Waals surface area (Å²) < 4.78 is 63.6. The number of carbonyl (C=O) groups is 2. The number of hydrogen-bond donors (Lipinski definition) is 2. The molecule has 2 aromatic heterocycles. The molecule has 2 aromatic carbocycles. The van der Waals surface area contributed by atoms with Gasteiger partial charge in [0.1, 0.15) is 35.2 Å². The van der Waals surface area contributed by atoms with Crippen LogP contribution in [0.1, 0.15) is 40.0 Å². The summed E-state index contributed by atoms with van der Waals surface area (Å²) in [6.45, 7) is 2.03. The van der Waals surface area contributed by atoms with Gasteiger partial charge in [0.25, 0.3) is 5.91 Å². The van der Waals surface area contributed by atoms with Crippen molar-refractivity contribution in [1.82, 2.24) is 15.3 Å². The predicted octanol–water partition coefficient (Wildman–Crippen LogP) is 6.26. The van der Waals surface area contributed by atoms with Gasteiger partial charge in [0, 0.05) is 34.8 Å². The lowest BCUT2D eigenvalue weighted by Gasteiger charge is -2.24. The largest absolute Gasteiger partial charge is 0.489 e. The van der Waals surface area contributed by atoms with Crippen molar-refractivity contribution < 1.29 is 31.9 Å². The van der Waals surface area contributed by atoms with Crippen LogP contribution in [0.5, 0.6) is 5.75 Å². The van der Waals surface area contributed by atoms with Crippen molar-refractivity contribution in [3.63, 3.8) is 0 Å². The third-order valence-electron chi connectivity index (χ3n) is 7.20. The van der Waals surface area contributed by atoms with E-state index in [-0.39, 0.29) is 39.8 Å². The van der Waals surface area contributed by atoms with Crippen molar-refractivity contribution in [2.75, 3.05) is 13.2 Å². The number of aryl methyl sites for hydroxylation is 1. The number of primary amides is 1. The van der Waals surface area contributed by atoms with Crippen LogP contribution in [0.2, 0.25) is 10.0 Å². The Balaban J connectivity index is 1.57. The van der Waals surface area contributed by atoms with Crippen LogP contribution in [0.3, 0.4) is 0 Å². The van der Waals surface area contributed by atoms with Crippen molar-refractivity contribution in [3.8, 4) is 17.0 Å². The summed E-state index contributed by atoms with van der Waals surface area (Å²) in [6.07, 6.45) is -3.30. The highest BCUT2D eigenvalue weighted by Gasteiger charge is 2.47. The standard InChI is InChI=1S/C29H22Cl2F4N4O3/c1-13-6-14-7-15(8-19(30)23(14)37-10-13)26(40)38-11-18(29(33,34)35)21-9-17-25(42-12-28(17,2)27(36)41)24(39-21)16-4-3-5-20(32)22(16)31/h3-10,18H,11-12H2,1-2H3,(H2,36,41)(H,38,40)/t18-,28+/m1/s1. The Morgan fingerprint density at radius 2 is 1.93 bits per heavy atom. The van der Waals surface area contributed by atoms with E-state index in [0.29, 0.717) is 10.9 Å². The zero-order chi connectivity index (χ0) is 30.6. The number of nitrogens with two attached hydrogens (primary N) is 1. The number of alkyl halides is 3. The quantitative estimate of drug-likeness (QED) is 0.247. The third kappa shape index (κ3) is 5.22.